The summed E-state index contributed by atoms with van der Waals surface area (Å²) in [6.07, 6.45) is -0.227. The van der Waals surface area contributed by atoms with Gasteiger partial charge in [0.25, 0.3) is 0 Å². The molecule has 1 heterocycles. The summed E-state index contributed by atoms with van der Waals surface area (Å²) in [4.78, 5) is 26.4. The van der Waals surface area contributed by atoms with E-state index in [0.717, 1.165) is 22.4 Å². The Balaban J connectivity index is 2.09. The summed E-state index contributed by atoms with van der Waals surface area (Å²) in [5.41, 5.74) is 4.12. The first kappa shape index (κ1) is 15.2. The molecule has 0 aliphatic heterocycles. The minimum Gasteiger partial charge on any atom is -0.481 e. The number of hydrogen-bond donors (Lipinski definition) is 2. The van der Waals surface area contributed by atoms with Crippen LogP contribution in [0.1, 0.15) is 24.0 Å². The predicted octanol–water partition coefficient (Wildman–Crippen LogP) is 3.23. The molecule has 0 unspecified atom stereocenters. The first-order valence-electron chi connectivity index (χ1n) is 6.50. The Morgan fingerprint density at radius 3 is 2.76 bits per heavy atom. The van der Waals surface area contributed by atoms with Crippen LogP contribution in [0.5, 0.6) is 0 Å². The standard InChI is InChI=1S/C15H16N2O3S/c1-9-3-4-10(2)11(7-9)12-8-21-15(16-12)17-13(18)5-6-14(19)20/h3-4,7-8H,5-6H2,1-2H3,(H,19,20)(H,16,17,18). The van der Waals surface area contributed by atoms with Crippen LogP contribution in [0.4, 0.5) is 5.13 Å². The number of nitrogens with zero attached hydrogens (tertiary/aromatic N) is 1. The van der Waals surface area contributed by atoms with Gasteiger partial charge in [0.1, 0.15) is 0 Å². The Hall–Kier alpha value is -2.21. The number of rotatable bonds is 5. The van der Waals surface area contributed by atoms with E-state index >= 15 is 0 Å². The summed E-state index contributed by atoms with van der Waals surface area (Å²) in [5.74, 6) is -1.32. The van der Waals surface area contributed by atoms with E-state index in [1.54, 1.807) is 0 Å². The molecular formula is C15H16N2O3S. The van der Waals surface area contributed by atoms with Gasteiger partial charge in [-0.3, -0.25) is 9.59 Å². The van der Waals surface area contributed by atoms with E-state index in [0.29, 0.717) is 5.13 Å². The molecular weight excluding hydrogens is 288 g/mol. The second kappa shape index (κ2) is 6.49. The number of aliphatic carboxylic acids is 1. The van der Waals surface area contributed by atoms with Gasteiger partial charge in [-0.15, -0.1) is 11.3 Å². The molecule has 0 atom stereocenters. The number of carbonyl (C=O) groups is 2. The van der Waals surface area contributed by atoms with Crippen molar-refractivity contribution in [2.75, 3.05) is 5.32 Å². The van der Waals surface area contributed by atoms with Crippen molar-refractivity contribution in [3.8, 4) is 11.3 Å². The lowest BCUT2D eigenvalue weighted by atomic mass is 10.0. The number of nitrogens with one attached hydrogen (secondary N) is 1. The zero-order valence-electron chi connectivity index (χ0n) is 11.8. The highest BCUT2D eigenvalue weighted by molar-refractivity contribution is 7.14. The van der Waals surface area contributed by atoms with Gasteiger partial charge in [-0.1, -0.05) is 17.7 Å². The average Bonchev–Trinajstić information content (AvgIpc) is 2.87. The molecule has 0 saturated carbocycles. The Bertz CT molecular complexity index is 679. The number of anilines is 1. The largest absolute Gasteiger partial charge is 0.481 e. The quantitative estimate of drug-likeness (QED) is 0.889. The van der Waals surface area contributed by atoms with Crippen LogP contribution < -0.4 is 5.32 Å². The molecule has 1 aromatic carbocycles. The van der Waals surface area contributed by atoms with Crippen molar-refractivity contribution in [1.29, 1.82) is 0 Å². The van der Waals surface area contributed by atoms with Gasteiger partial charge >= 0.3 is 5.97 Å². The van der Waals surface area contributed by atoms with E-state index in [1.165, 1.54) is 11.3 Å². The van der Waals surface area contributed by atoms with Gasteiger partial charge in [-0.05, 0) is 25.5 Å². The molecule has 0 aliphatic rings. The van der Waals surface area contributed by atoms with Crippen molar-refractivity contribution in [1.82, 2.24) is 4.98 Å². The maximum atomic E-state index is 11.6. The first-order valence-corrected chi connectivity index (χ1v) is 7.38. The lowest BCUT2D eigenvalue weighted by molar-refractivity contribution is -0.138. The second-order valence-corrected chi connectivity index (χ2v) is 5.66. The minimum atomic E-state index is -0.986. The molecule has 110 valence electrons. The Morgan fingerprint density at radius 2 is 2.05 bits per heavy atom. The summed E-state index contributed by atoms with van der Waals surface area (Å²) in [6.45, 7) is 4.03. The number of aryl methyl sites for hydroxylation is 2. The number of hydrogen-bond acceptors (Lipinski definition) is 4. The Kier molecular flexibility index (Phi) is 4.70. The van der Waals surface area contributed by atoms with Crippen molar-refractivity contribution < 1.29 is 14.7 Å². The van der Waals surface area contributed by atoms with Gasteiger partial charge in [-0.2, -0.15) is 0 Å². The lowest BCUT2D eigenvalue weighted by Crippen LogP contribution is -2.12. The average molecular weight is 304 g/mol. The number of thiazole rings is 1. The zero-order valence-corrected chi connectivity index (χ0v) is 12.7. The van der Waals surface area contributed by atoms with Gasteiger partial charge in [0.15, 0.2) is 5.13 Å². The molecule has 0 aliphatic carbocycles. The molecule has 6 heteroatoms. The third kappa shape index (κ3) is 4.13. The molecule has 2 aromatic rings. The third-order valence-electron chi connectivity index (χ3n) is 2.99. The number of carboxylic acids is 1. The number of amides is 1. The first-order chi connectivity index (χ1) is 9.95. The maximum Gasteiger partial charge on any atom is 0.303 e. The van der Waals surface area contributed by atoms with Crippen molar-refractivity contribution in [2.45, 2.75) is 26.7 Å². The van der Waals surface area contributed by atoms with E-state index in [4.69, 9.17) is 5.11 Å². The Morgan fingerprint density at radius 1 is 1.29 bits per heavy atom. The number of aromatic nitrogens is 1. The summed E-state index contributed by atoms with van der Waals surface area (Å²) >= 11 is 1.33. The highest BCUT2D eigenvalue weighted by Gasteiger charge is 2.11. The normalized spacial score (nSPS) is 10.4. The van der Waals surface area contributed by atoms with Crippen molar-refractivity contribution in [3.63, 3.8) is 0 Å². The molecule has 21 heavy (non-hydrogen) atoms. The maximum absolute atomic E-state index is 11.6. The Labute approximate surface area is 126 Å². The summed E-state index contributed by atoms with van der Waals surface area (Å²) in [7, 11) is 0. The minimum absolute atomic E-state index is 0.0479. The van der Waals surface area contributed by atoms with E-state index in [9.17, 15) is 9.59 Å². The second-order valence-electron chi connectivity index (χ2n) is 4.80. The molecule has 0 spiro atoms. The molecule has 5 nitrogen and oxygen atoms in total. The highest BCUT2D eigenvalue weighted by Crippen LogP contribution is 2.28. The SMILES string of the molecule is Cc1ccc(C)c(-c2csc(NC(=O)CCC(=O)O)n2)c1. The van der Waals surface area contributed by atoms with Crippen LogP contribution in [0, 0.1) is 13.8 Å². The monoisotopic (exact) mass is 304 g/mol. The fraction of sp³-hybridized carbons (Fsp3) is 0.267. The molecule has 0 bridgehead atoms. The van der Waals surface area contributed by atoms with E-state index in [-0.39, 0.29) is 18.7 Å². The van der Waals surface area contributed by atoms with E-state index in [2.05, 4.69) is 16.4 Å². The van der Waals surface area contributed by atoms with Gasteiger partial charge in [-0.25, -0.2) is 4.98 Å². The van der Waals surface area contributed by atoms with E-state index < -0.39 is 5.97 Å². The summed E-state index contributed by atoms with van der Waals surface area (Å²) in [6, 6.07) is 6.13. The fourth-order valence-corrected chi connectivity index (χ4v) is 2.60. The molecule has 0 saturated heterocycles. The van der Waals surface area contributed by atoms with Crippen LogP contribution in [0.3, 0.4) is 0 Å². The molecule has 2 rings (SSSR count). The van der Waals surface area contributed by atoms with Crippen LogP contribution in [-0.4, -0.2) is 22.0 Å². The third-order valence-corrected chi connectivity index (χ3v) is 3.74. The lowest BCUT2D eigenvalue weighted by Gasteiger charge is -2.04. The molecule has 0 radical (unpaired) electrons. The number of carbonyl (C=O) groups excluding carboxylic acids is 1. The van der Waals surface area contributed by atoms with Crippen molar-refractivity contribution in [3.05, 3.63) is 34.7 Å². The molecule has 2 N–H and O–H groups in total. The van der Waals surface area contributed by atoms with Gasteiger partial charge in [0, 0.05) is 17.4 Å². The molecule has 0 fully saturated rings. The van der Waals surface area contributed by atoms with Crippen LogP contribution in [0.15, 0.2) is 23.6 Å². The van der Waals surface area contributed by atoms with Crippen LogP contribution in [0.25, 0.3) is 11.3 Å². The topological polar surface area (TPSA) is 79.3 Å². The highest BCUT2D eigenvalue weighted by atomic mass is 32.1. The van der Waals surface area contributed by atoms with Gasteiger partial charge < -0.3 is 10.4 Å². The van der Waals surface area contributed by atoms with Crippen molar-refractivity contribution >= 4 is 28.3 Å². The summed E-state index contributed by atoms with van der Waals surface area (Å²) in [5, 5.41) is 13.5. The number of benzene rings is 1. The molecule has 1 aromatic heterocycles. The summed E-state index contributed by atoms with van der Waals surface area (Å²) < 4.78 is 0. The number of carboxylic acid groups (broad SMARTS) is 1. The van der Waals surface area contributed by atoms with Gasteiger partial charge in [0.05, 0.1) is 12.1 Å². The fourth-order valence-electron chi connectivity index (χ4n) is 1.87. The van der Waals surface area contributed by atoms with Gasteiger partial charge in [0.2, 0.25) is 5.91 Å². The smallest absolute Gasteiger partial charge is 0.303 e. The zero-order chi connectivity index (χ0) is 15.4. The van der Waals surface area contributed by atoms with Crippen molar-refractivity contribution in [2.24, 2.45) is 0 Å². The molecule has 1 amide bonds. The van der Waals surface area contributed by atoms with Crippen LogP contribution >= 0.6 is 11.3 Å². The van der Waals surface area contributed by atoms with Crippen LogP contribution in [0.2, 0.25) is 0 Å². The van der Waals surface area contributed by atoms with E-state index in [1.807, 2.05) is 31.4 Å². The predicted molar refractivity (Wildman–Crippen MR) is 82.5 cm³/mol. The van der Waals surface area contributed by atoms with Crippen LogP contribution in [-0.2, 0) is 9.59 Å².